The summed E-state index contributed by atoms with van der Waals surface area (Å²) in [5, 5.41) is 31.5. The van der Waals surface area contributed by atoms with Crippen LogP contribution in [0.3, 0.4) is 0 Å². The topological polar surface area (TPSA) is 175 Å². The molecule has 1 aliphatic rings. The van der Waals surface area contributed by atoms with E-state index in [1.165, 1.54) is 64.2 Å². The second kappa shape index (κ2) is 50.7. The highest BCUT2D eigenvalue weighted by Crippen LogP contribution is 2.26. The van der Waals surface area contributed by atoms with Crippen LogP contribution in [0, 0.1) is 0 Å². The number of carbonyl (C=O) groups excluding carboxylic acids is 3. The molecule has 0 aliphatic carbocycles. The van der Waals surface area contributed by atoms with E-state index in [0.29, 0.717) is 19.3 Å². The standard InChI is InChI=1S/C63H104O12/c1-4-7-10-13-16-19-22-24-26-27-28-29-31-33-36-39-42-45-48-51-57(66)74-61-59(68)58(67)60(62(69)70)75-63(61)72-53-54(73-56(65)50-47-44-41-38-34-21-18-15-12-9-6-3)52-71-55(64)49-46-43-40-37-35-32-30-25-23-20-17-14-11-8-5-2/h8,11,15-20,24-26,30,35,37,54,58-61,63,67-68H,4-7,9-10,12-14,21-23,27-29,31-34,36,38-53H2,1-3H3,(H,69,70)/b11-8-,18-15-,19-16-,20-17-,26-24-,30-25-,37-35-. The molecule has 0 amide bonds. The van der Waals surface area contributed by atoms with Crippen LogP contribution in [-0.4, -0.2) is 89.2 Å². The molecule has 1 heterocycles. The maximum Gasteiger partial charge on any atom is 0.335 e. The highest BCUT2D eigenvalue weighted by atomic mass is 16.7. The van der Waals surface area contributed by atoms with Crippen molar-refractivity contribution in [1.82, 2.24) is 0 Å². The van der Waals surface area contributed by atoms with E-state index in [1.807, 2.05) is 0 Å². The molecule has 0 spiro atoms. The molecule has 0 aromatic carbocycles. The Bertz CT molecular complexity index is 1630. The van der Waals surface area contributed by atoms with Crippen LogP contribution in [0.25, 0.3) is 0 Å². The molecule has 75 heavy (non-hydrogen) atoms. The molecule has 428 valence electrons. The maximum atomic E-state index is 13.1. The lowest BCUT2D eigenvalue weighted by Crippen LogP contribution is -2.61. The van der Waals surface area contributed by atoms with Gasteiger partial charge in [-0.2, -0.15) is 0 Å². The number of carboxylic acids is 1. The Morgan fingerprint density at radius 2 is 0.853 bits per heavy atom. The summed E-state index contributed by atoms with van der Waals surface area (Å²) in [5.74, 6) is -3.20. The van der Waals surface area contributed by atoms with Gasteiger partial charge in [0.25, 0.3) is 0 Å². The summed E-state index contributed by atoms with van der Waals surface area (Å²) in [6.45, 7) is 5.76. The Kier molecular flexibility index (Phi) is 46.6. The second-order valence-corrected chi connectivity index (χ2v) is 19.9. The first-order valence-electron chi connectivity index (χ1n) is 29.6. The minimum atomic E-state index is -1.91. The van der Waals surface area contributed by atoms with Gasteiger partial charge in [-0.05, 0) is 109 Å². The van der Waals surface area contributed by atoms with Crippen molar-refractivity contribution in [1.29, 1.82) is 0 Å². The number of hydrogen-bond donors (Lipinski definition) is 3. The van der Waals surface area contributed by atoms with Gasteiger partial charge in [-0.1, -0.05) is 196 Å². The summed E-state index contributed by atoms with van der Waals surface area (Å²) in [4.78, 5) is 51.1. The third-order valence-corrected chi connectivity index (χ3v) is 12.9. The monoisotopic (exact) mass is 1050 g/mol. The Balaban J connectivity index is 2.68. The van der Waals surface area contributed by atoms with E-state index in [-0.39, 0.29) is 25.9 Å². The first kappa shape index (κ1) is 68.9. The van der Waals surface area contributed by atoms with Crippen molar-refractivity contribution in [2.75, 3.05) is 13.2 Å². The number of aliphatic hydroxyl groups excluding tert-OH is 2. The number of allylic oxidation sites excluding steroid dienone is 14. The SMILES string of the molecule is CC/C=C\C/C=C\C/C=C\C/C=C\CCCCC(=O)OCC(COC1OC(C(=O)O)C(O)C(O)C1OC(=O)CCCCCCCCCCC/C=C\C/C=C\CCCCC)OC(=O)CCCCCCC/C=C\CCCC. The molecule has 1 saturated heterocycles. The van der Waals surface area contributed by atoms with Crippen LogP contribution in [0.1, 0.15) is 239 Å². The Hall–Kier alpha value is -4.10. The van der Waals surface area contributed by atoms with Gasteiger partial charge in [0.1, 0.15) is 18.8 Å². The molecule has 6 unspecified atom stereocenters. The Morgan fingerprint density at radius 1 is 0.453 bits per heavy atom. The number of esters is 3. The van der Waals surface area contributed by atoms with Gasteiger partial charge in [0.15, 0.2) is 24.6 Å². The zero-order valence-electron chi connectivity index (χ0n) is 47.0. The molecule has 12 heteroatoms. The lowest BCUT2D eigenvalue weighted by Gasteiger charge is -2.40. The van der Waals surface area contributed by atoms with E-state index >= 15 is 0 Å². The van der Waals surface area contributed by atoms with Gasteiger partial charge in [0, 0.05) is 19.3 Å². The average molecular weight is 1050 g/mol. The van der Waals surface area contributed by atoms with Crippen molar-refractivity contribution in [3.63, 3.8) is 0 Å². The predicted molar refractivity (Wildman–Crippen MR) is 303 cm³/mol. The minimum Gasteiger partial charge on any atom is -0.479 e. The molecule has 1 aliphatic heterocycles. The number of rotatable bonds is 49. The van der Waals surface area contributed by atoms with E-state index in [4.69, 9.17) is 23.7 Å². The molecule has 0 bridgehead atoms. The van der Waals surface area contributed by atoms with Gasteiger partial charge >= 0.3 is 23.9 Å². The Morgan fingerprint density at radius 3 is 1.36 bits per heavy atom. The van der Waals surface area contributed by atoms with Crippen molar-refractivity contribution in [3.05, 3.63) is 85.1 Å². The van der Waals surface area contributed by atoms with E-state index < -0.39 is 67.3 Å². The molecule has 0 radical (unpaired) electrons. The van der Waals surface area contributed by atoms with Crippen molar-refractivity contribution in [2.45, 2.75) is 276 Å². The molecule has 0 aromatic heterocycles. The fourth-order valence-electron chi connectivity index (χ4n) is 8.37. The summed E-state index contributed by atoms with van der Waals surface area (Å²) in [6.07, 6.45) is 52.7. The lowest BCUT2D eigenvalue weighted by molar-refractivity contribution is -0.301. The largest absolute Gasteiger partial charge is 0.479 e. The van der Waals surface area contributed by atoms with Crippen LogP contribution in [0.15, 0.2) is 85.1 Å². The number of unbranched alkanes of at least 4 members (excludes halogenated alkanes) is 21. The summed E-state index contributed by atoms with van der Waals surface area (Å²) in [6, 6.07) is 0. The molecular formula is C63H104O12. The zero-order chi connectivity index (χ0) is 54.7. The number of carboxylic acid groups (broad SMARTS) is 1. The zero-order valence-corrected chi connectivity index (χ0v) is 47.0. The fraction of sp³-hybridized carbons (Fsp3) is 0.714. The van der Waals surface area contributed by atoms with Gasteiger partial charge in [-0.15, -0.1) is 0 Å². The number of aliphatic hydroxyl groups is 2. The van der Waals surface area contributed by atoms with Crippen LogP contribution in [0.5, 0.6) is 0 Å². The summed E-state index contributed by atoms with van der Waals surface area (Å²) in [5.41, 5.74) is 0. The highest BCUT2D eigenvalue weighted by molar-refractivity contribution is 5.74. The van der Waals surface area contributed by atoms with Crippen LogP contribution >= 0.6 is 0 Å². The number of hydrogen-bond acceptors (Lipinski definition) is 11. The second-order valence-electron chi connectivity index (χ2n) is 19.9. The number of carbonyl (C=O) groups is 4. The van der Waals surface area contributed by atoms with Gasteiger partial charge in [-0.3, -0.25) is 14.4 Å². The average Bonchev–Trinajstić information content (AvgIpc) is 3.39. The lowest BCUT2D eigenvalue weighted by atomic mass is 9.98. The number of ether oxygens (including phenoxy) is 5. The van der Waals surface area contributed by atoms with Crippen LogP contribution in [0.4, 0.5) is 0 Å². The van der Waals surface area contributed by atoms with Gasteiger partial charge in [0.2, 0.25) is 0 Å². The summed E-state index contributed by atoms with van der Waals surface area (Å²) >= 11 is 0. The molecule has 12 nitrogen and oxygen atoms in total. The third-order valence-electron chi connectivity index (χ3n) is 12.9. The molecule has 0 saturated carbocycles. The smallest absolute Gasteiger partial charge is 0.335 e. The summed E-state index contributed by atoms with van der Waals surface area (Å²) < 4.78 is 28.3. The first-order valence-corrected chi connectivity index (χ1v) is 29.6. The number of aliphatic carboxylic acids is 1. The van der Waals surface area contributed by atoms with Crippen LogP contribution in [-0.2, 0) is 42.9 Å². The molecular weight excluding hydrogens is 949 g/mol. The van der Waals surface area contributed by atoms with Crippen molar-refractivity contribution >= 4 is 23.9 Å². The fourth-order valence-corrected chi connectivity index (χ4v) is 8.37. The summed E-state index contributed by atoms with van der Waals surface area (Å²) in [7, 11) is 0. The van der Waals surface area contributed by atoms with E-state index in [9.17, 15) is 34.5 Å². The first-order chi connectivity index (χ1) is 36.6. The van der Waals surface area contributed by atoms with E-state index in [1.54, 1.807) is 0 Å². The maximum absolute atomic E-state index is 13.1. The van der Waals surface area contributed by atoms with E-state index in [0.717, 1.165) is 116 Å². The normalized spacial score (nSPS) is 18.8. The van der Waals surface area contributed by atoms with Crippen molar-refractivity contribution < 1.29 is 58.2 Å². The van der Waals surface area contributed by atoms with Gasteiger partial charge in [0.05, 0.1) is 6.61 Å². The van der Waals surface area contributed by atoms with Gasteiger partial charge in [-0.25, -0.2) is 4.79 Å². The molecule has 1 fully saturated rings. The predicted octanol–water partition coefficient (Wildman–Crippen LogP) is 15.1. The van der Waals surface area contributed by atoms with Crippen molar-refractivity contribution in [3.8, 4) is 0 Å². The molecule has 6 atom stereocenters. The van der Waals surface area contributed by atoms with Crippen molar-refractivity contribution in [2.24, 2.45) is 0 Å². The molecule has 1 rings (SSSR count). The van der Waals surface area contributed by atoms with E-state index in [2.05, 4.69) is 106 Å². The van der Waals surface area contributed by atoms with Gasteiger partial charge < -0.3 is 39.0 Å². The Labute approximate surface area is 454 Å². The van der Waals surface area contributed by atoms with Crippen LogP contribution in [0.2, 0.25) is 0 Å². The quantitative estimate of drug-likeness (QED) is 0.0228. The molecule has 3 N–H and O–H groups in total. The minimum absolute atomic E-state index is 0.0479. The highest BCUT2D eigenvalue weighted by Gasteiger charge is 2.50. The third kappa shape index (κ3) is 40.8. The molecule has 0 aromatic rings. The van der Waals surface area contributed by atoms with Crippen LogP contribution < -0.4 is 0 Å².